The molecule has 40 heavy (non-hydrogen) atoms. The zero-order valence-corrected chi connectivity index (χ0v) is 22.1. The average molecular weight is 584 g/mol. The van der Waals surface area contributed by atoms with Crippen LogP contribution in [0.1, 0.15) is 36.3 Å². The second kappa shape index (κ2) is 11.7. The van der Waals surface area contributed by atoms with Crippen LogP contribution in [0.4, 0.5) is 13.6 Å². The highest BCUT2D eigenvalue weighted by atomic mass is 35.5. The molecule has 0 bridgehead atoms. The number of nitrogens with zero attached hydrogens (tertiary/aromatic N) is 5. The number of aliphatic hydroxyl groups is 2. The molecule has 5 atom stereocenters. The number of hydrogen-bond acceptors (Lipinski definition) is 9. The van der Waals surface area contributed by atoms with Gasteiger partial charge in [0.25, 0.3) is 0 Å². The molecular formula is C25H28ClF2N5O7. The molecule has 4 heterocycles. The zero-order valence-electron chi connectivity index (χ0n) is 21.4. The van der Waals surface area contributed by atoms with Crippen molar-refractivity contribution in [3.63, 3.8) is 0 Å². The molecule has 5 rings (SSSR count). The molecule has 2 aliphatic rings. The van der Waals surface area contributed by atoms with Crippen molar-refractivity contribution in [1.82, 2.24) is 25.1 Å². The number of carbonyl (C=O) groups is 1. The van der Waals surface area contributed by atoms with Gasteiger partial charge in [-0.25, -0.2) is 18.3 Å². The van der Waals surface area contributed by atoms with Crippen molar-refractivity contribution in [2.75, 3.05) is 26.8 Å². The fourth-order valence-corrected chi connectivity index (χ4v) is 5.57. The molecule has 2 saturated heterocycles. The third kappa shape index (κ3) is 5.54. The Morgan fingerprint density at radius 3 is 2.62 bits per heavy atom. The molecule has 15 heteroatoms. The summed E-state index contributed by atoms with van der Waals surface area (Å²) in [6.07, 6.45) is -1.76. The Balaban J connectivity index is 1.35. The van der Waals surface area contributed by atoms with Crippen LogP contribution < -0.4 is 0 Å². The second-order valence-corrected chi connectivity index (χ2v) is 10.3. The van der Waals surface area contributed by atoms with E-state index in [4.69, 9.17) is 30.7 Å². The first-order valence-corrected chi connectivity index (χ1v) is 13.0. The fraction of sp³-hybridized carbons (Fsp3) is 0.520. The van der Waals surface area contributed by atoms with E-state index in [1.807, 2.05) is 0 Å². The first-order chi connectivity index (χ1) is 19.2. The fourth-order valence-electron chi connectivity index (χ4n) is 5.37. The van der Waals surface area contributed by atoms with Gasteiger partial charge in [0.05, 0.1) is 29.6 Å². The standard InChI is InChI=1S/C25H28ClF2N5O7/c1-38-24-19(9-14-8-18(40-30-14)12-2-4-32(5-3-12)25(36)37)39-20(11-34)23(35)22(24)33-10-17(29-31-33)13-6-15(26)21(28)16(27)7-13/h6-8,10,12,19-20,22-24,34-35H,2-5,9,11H2,1H3,(H,36,37)/t19-,20-,22+,23+,24+/m1/s1. The van der Waals surface area contributed by atoms with Crippen LogP contribution in [-0.4, -0.2) is 97.7 Å². The largest absolute Gasteiger partial charge is 0.465 e. The van der Waals surface area contributed by atoms with Gasteiger partial charge in [0, 0.05) is 44.2 Å². The maximum atomic E-state index is 13.9. The molecule has 216 valence electrons. The Hall–Kier alpha value is -3.17. The molecular weight excluding hydrogens is 556 g/mol. The maximum absolute atomic E-state index is 13.9. The lowest BCUT2D eigenvalue weighted by Gasteiger charge is -2.43. The molecule has 3 N–H and O–H groups in total. The number of halogens is 3. The monoisotopic (exact) mass is 583 g/mol. The molecule has 0 radical (unpaired) electrons. The number of piperidine rings is 1. The lowest BCUT2D eigenvalue weighted by molar-refractivity contribution is -0.212. The Bertz CT molecular complexity index is 1330. The second-order valence-electron chi connectivity index (χ2n) is 9.88. The number of benzene rings is 1. The zero-order chi connectivity index (χ0) is 28.6. The Morgan fingerprint density at radius 2 is 1.98 bits per heavy atom. The van der Waals surface area contributed by atoms with Crippen LogP contribution in [0.25, 0.3) is 11.3 Å². The number of likely N-dealkylation sites (tertiary alicyclic amines) is 1. The number of aliphatic hydroxyl groups excluding tert-OH is 2. The number of carboxylic acid groups (broad SMARTS) is 1. The highest BCUT2D eigenvalue weighted by molar-refractivity contribution is 6.31. The van der Waals surface area contributed by atoms with E-state index in [9.17, 15) is 23.8 Å². The minimum Gasteiger partial charge on any atom is -0.465 e. The summed E-state index contributed by atoms with van der Waals surface area (Å²) in [5, 5.41) is 42.0. The van der Waals surface area contributed by atoms with Crippen LogP contribution in [0.3, 0.4) is 0 Å². The third-order valence-electron chi connectivity index (χ3n) is 7.49. The summed E-state index contributed by atoms with van der Waals surface area (Å²) >= 11 is 5.78. The topological polar surface area (TPSA) is 156 Å². The minimum atomic E-state index is -1.25. The van der Waals surface area contributed by atoms with Crippen molar-refractivity contribution in [3.05, 3.63) is 52.5 Å². The van der Waals surface area contributed by atoms with Gasteiger partial charge in [-0.05, 0) is 25.0 Å². The van der Waals surface area contributed by atoms with E-state index < -0.39 is 59.8 Å². The smallest absolute Gasteiger partial charge is 0.407 e. The van der Waals surface area contributed by atoms with Crippen LogP contribution in [0.15, 0.2) is 28.9 Å². The molecule has 2 aromatic heterocycles. The van der Waals surface area contributed by atoms with Gasteiger partial charge >= 0.3 is 6.09 Å². The predicted octanol–water partition coefficient (Wildman–Crippen LogP) is 2.64. The summed E-state index contributed by atoms with van der Waals surface area (Å²) < 4.78 is 46.2. The average Bonchev–Trinajstić information content (AvgIpc) is 3.62. The highest BCUT2D eigenvalue weighted by Gasteiger charge is 2.47. The first kappa shape index (κ1) is 28.4. The summed E-state index contributed by atoms with van der Waals surface area (Å²) in [5.41, 5.74) is 0.928. The van der Waals surface area contributed by atoms with E-state index in [1.165, 1.54) is 29.0 Å². The summed E-state index contributed by atoms with van der Waals surface area (Å²) in [6.45, 7) is 0.320. The van der Waals surface area contributed by atoms with Gasteiger partial charge in [0.1, 0.15) is 35.8 Å². The Labute approximate surface area is 232 Å². The van der Waals surface area contributed by atoms with Crippen LogP contribution in [0, 0.1) is 11.6 Å². The number of methoxy groups -OCH3 is 1. The quantitative estimate of drug-likeness (QED) is 0.353. The van der Waals surface area contributed by atoms with Crippen molar-refractivity contribution < 1.29 is 42.9 Å². The molecule has 12 nitrogen and oxygen atoms in total. The van der Waals surface area contributed by atoms with Gasteiger partial charge in [0.15, 0.2) is 11.6 Å². The van der Waals surface area contributed by atoms with E-state index in [1.54, 1.807) is 6.07 Å². The molecule has 2 aliphatic heterocycles. The first-order valence-electron chi connectivity index (χ1n) is 12.7. The number of hydrogen-bond donors (Lipinski definition) is 3. The van der Waals surface area contributed by atoms with E-state index in [0.29, 0.717) is 37.4 Å². The molecule has 3 aromatic rings. The van der Waals surface area contributed by atoms with Gasteiger partial charge in [-0.1, -0.05) is 22.0 Å². The number of amides is 1. The number of ether oxygens (including phenoxy) is 2. The Kier molecular flexibility index (Phi) is 8.33. The molecule has 0 unspecified atom stereocenters. The third-order valence-corrected chi connectivity index (χ3v) is 7.76. The molecule has 0 spiro atoms. The SMILES string of the molecule is CO[C@@H]1[C@@H](n2cc(-c3cc(F)c(F)c(Cl)c3)nn2)[C@@H](O)[C@@H](CO)O[C@@H]1Cc1cc(C2CCN(C(=O)O)CC2)on1. The summed E-state index contributed by atoms with van der Waals surface area (Å²) in [5.74, 6) is -1.64. The lowest BCUT2D eigenvalue weighted by Crippen LogP contribution is -2.57. The van der Waals surface area contributed by atoms with Crippen molar-refractivity contribution in [3.8, 4) is 11.3 Å². The van der Waals surface area contributed by atoms with Crippen molar-refractivity contribution in [2.24, 2.45) is 0 Å². The van der Waals surface area contributed by atoms with Crippen LogP contribution >= 0.6 is 11.6 Å². The van der Waals surface area contributed by atoms with E-state index in [-0.39, 0.29) is 23.6 Å². The van der Waals surface area contributed by atoms with Crippen molar-refractivity contribution >= 4 is 17.7 Å². The van der Waals surface area contributed by atoms with Gasteiger partial charge in [-0.2, -0.15) is 0 Å². The molecule has 2 fully saturated rings. The summed E-state index contributed by atoms with van der Waals surface area (Å²) in [7, 11) is 1.44. The van der Waals surface area contributed by atoms with Crippen LogP contribution in [0.2, 0.25) is 5.02 Å². The lowest BCUT2D eigenvalue weighted by atomic mass is 9.90. The van der Waals surface area contributed by atoms with Gasteiger partial charge in [-0.15, -0.1) is 5.10 Å². The van der Waals surface area contributed by atoms with E-state index >= 15 is 0 Å². The van der Waals surface area contributed by atoms with Crippen LogP contribution in [-0.2, 0) is 15.9 Å². The van der Waals surface area contributed by atoms with Crippen molar-refractivity contribution in [1.29, 1.82) is 0 Å². The van der Waals surface area contributed by atoms with E-state index in [0.717, 1.165) is 6.07 Å². The molecule has 1 amide bonds. The maximum Gasteiger partial charge on any atom is 0.407 e. The minimum absolute atomic E-state index is 0.0282. The molecule has 1 aromatic carbocycles. The Morgan fingerprint density at radius 1 is 1.23 bits per heavy atom. The van der Waals surface area contributed by atoms with E-state index in [2.05, 4.69) is 15.5 Å². The molecule has 0 saturated carbocycles. The predicted molar refractivity (Wildman–Crippen MR) is 134 cm³/mol. The summed E-state index contributed by atoms with van der Waals surface area (Å²) in [6, 6.07) is 3.09. The van der Waals surface area contributed by atoms with Gasteiger partial charge < -0.3 is 34.2 Å². The molecule has 0 aliphatic carbocycles. The van der Waals surface area contributed by atoms with Crippen molar-refractivity contribution in [2.45, 2.75) is 55.6 Å². The number of rotatable bonds is 7. The van der Waals surface area contributed by atoms with Gasteiger partial charge in [-0.3, -0.25) is 0 Å². The number of aromatic nitrogens is 4. The van der Waals surface area contributed by atoms with Gasteiger partial charge in [0.2, 0.25) is 0 Å². The van der Waals surface area contributed by atoms with Crippen LogP contribution in [0.5, 0.6) is 0 Å². The normalized spacial score (nSPS) is 25.9. The summed E-state index contributed by atoms with van der Waals surface area (Å²) in [4.78, 5) is 12.5. The highest BCUT2D eigenvalue weighted by Crippen LogP contribution is 2.35.